The number of aryl methyl sites for hydroxylation is 1. The highest BCUT2D eigenvalue weighted by molar-refractivity contribution is 5.87. The van der Waals surface area contributed by atoms with Gasteiger partial charge in [0.2, 0.25) is 0 Å². The number of halogens is 3. The molecule has 5 rings (SSSR count). The van der Waals surface area contributed by atoms with Crippen LogP contribution in [0.5, 0.6) is 5.75 Å². The van der Waals surface area contributed by atoms with Crippen LogP contribution in [0.4, 0.5) is 13.2 Å². The molecule has 1 atom stereocenters. The van der Waals surface area contributed by atoms with Crippen molar-refractivity contribution in [2.24, 2.45) is 0 Å². The molecule has 1 aliphatic rings. The Balaban J connectivity index is 1.65. The second-order valence-corrected chi connectivity index (χ2v) is 9.12. The van der Waals surface area contributed by atoms with Crippen LogP contribution >= 0.6 is 0 Å². The minimum Gasteiger partial charge on any atom is -0.495 e. The molecule has 0 fully saturated rings. The normalized spacial score (nSPS) is 17.2. The number of rotatable bonds is 6. The third kappa shape index (κ3) is 4.21. The van der Waals surface area contributed by atoms with Crippen LogP contribution in [0.1, 0.15) is 42.4 Å². The van der Waals surface area contributed by atoms with E-state index in [1.165, 1.54) is 12.1 Å². The van der Waals surface area contributed by atoms with Gasteiger partial charge in [0, 0.05) is 18.3 Å². The molecule has 3 heterocycles. The van der Waals surface area contributed by atoms with Crippen molar-refractivity contribution < 1.29 is 27.4 Å². The molecule has 0 amide bonds. The van der Waals surface area contributed by atoms with Crippen molar-refractivity contribution in [3.05, 3.63) is 77.6 Å². The maximum atomic E-state index is 13.6. The quantitative estimate of drug-likeness (QED) is 0.326. The summed E-state index contributed by atoms with van der Waals surface area (Å²) in [6.45, 7) is 4.11. The number of benzene rings is 2. The van der Waals surface area contributed by atoms with Crippen molar-refractivity contribution in [2.45, 2.75) is 44.8 Å². The summed E-state index contributed by atoms with van der Waals surface area (Å²) >= 11 is 0. The molecule has 11 heteroatoms. The summed E-state index contributed by atoms with van der Waals surface area (Å²) in [5.74, 6) is 0.655. The average Bonchev–Trinajstić information content (AvgIpc) is 3.54. The van der Waals surface area contributed by atoms with Crippen LogP contribution in [0.15, 0.2) is 55.0 Å². The maximum Gasteiger partial charge on any atom is 0.416 e. The van der Waals surface area contributed by atoms with Gasteiger partial charge in [-0.15, -0.1) is 10.2 Å². The molecule has 0 bridgehead atoms. The molecule has 0 N–H and O–H groups in total. The van der Waals surface area contributed by atoms with Gasteiger partial charge in [-0.25, -0.2) is 4.98 Å². The lowest BCUT2D eigenvalue weighted by Gasteiger charge is -2.35. The number of aromatic nitrogens is 5. The molecule has 1 unspecified atom stereocenters. The standard InChI is InChI=1S/C27H26F3N5O3/c1-4-38-25(36)26(19-7-5-8-20(14-19)27(28,29)30)11-6-12-35-23(32-33-24(26)35)18-9-10-21(22(13-18)37-3)34-15-17(2)31-16-34/h5,7-10,13-16H,4,6,11-12H2,1-3H3. The Bertz CT molecular complexity index is 1490. The van der Waals surface area contributed by atoms with E-state index in [9.17, 15) is 18.0 Å². The summed E-state index contributed by atoms with van der Waals surface area (Å²) in [5, 5.41) is 8.77. The summed E-state index contributed by atoms with van der Waals surface area (Å²) in [5.41, 5.74) is 0.122. The van der Waals surface area contributed by atoms with Crippen molar-refractivity contribution in [1.82, 2.24) is 24.3 Å². The molecule has 4 aromatic rings. The molecule has 0 saturated heterocycles. The van der Waals surface area contributed by atoms with Crippen LogP contribution in [-0.4, -0.2) is 44.0 Å². The third-order valence-electron chi connectivity index (χ3n) is 6.80. The Morgan fingerprint density at radius 1 is 1.16 bits per heavy atom. The summed E-state index contributed by atoms with van der Waals surface area (Å²) in [6.07, 6.45) is -0.247. The number of methoxy groups -OCH3 is 1. The lowest BCUT2D eigenvalue weighted by molar-refractivity contribution is -0.150. The minimum absolute atomic E-state index is 0.0763. The first-order valence-electron chi connectivity index (χ1n) is 12.2. The molecule has 8 nitrogen and oxygen atoms in total. The van der Waals surface area contributed by atoms with Crippen LogP contribution in [0.2, 0.25) is 0 Å². The van der Waals surface area contributed by atoms with Crippen LogP contribution in [-0.2, 0) is 27.7 Å². The lowest BCUT2D eigenvalue weighted by atomic mass is 9.73. The van der Waals surface area contributed by atoms with E-state index < -0.39 is 23.1 Å². The number of carbonyl (C=O) groups is 1. The first-order valence-corrected chi connectivity index (χ1v) is 12.2. The summed E-state index contributed by atoms with van der Waals surface area (Å²) in [7, 11) is 1.56. The Kier molecular flexibility index (Phi) is 6.46. The number of carbonyl (C=O) groups excluding carboxylic acids is 1. The molecule has 0 spiro atoms. The van der Waals surface area contributed by atoms with Crippen LogP contribution in [0.3, 0.4) is 0 Å². The maximum absolute atomic E-state index is 13.6. The van der Waals surface area contributed by atoms with Gasteiger partial charge in [0.25, 0.3) is 0 Å². The van der Waals surface area contributed by atoms with Gasteiger partial charge in [-0.1, -0.05) is 18.2 Å². The third-order valence-corrected chi connectivity index (χ3v) is 6.80. The number of ether oxygens (including phenoxy) is 2. The lowest BCUT2D eigenvalue weighted by Crippen LogP contribution is -2.44. The summed E-state index contributed by atoms with van der Waals surface area (Å²) in [4.78, 5) is 17.7. The fourth-order valence-corrected chi connectivity index (χ4v) is 5.04. The molecule has 38 heavy (non-hydrogen) atoms. The average molecular weight is 526 g/mol. The molecule has 198 valence electrons. The monoisotopic (exact) mass is 525 g/mol. The number of imidazole rings is 1. The van der Waals surface area contributed by atoms with Gasteiger partial charge in [-0.05, 0) is 56.5 Å². The number of esters is 1. The number of nitrogens with zero attached hydrogens (tertiary/aromatic N) is 5. The van der Waals surface area contributed by atoms with Crippen LogP contribution < -0.4 is 4.74 Å². The molecule has 2 aromatic carbocycles. The highest BCUT2D eigenvalue weighted by Crippen LogP contribution is 2.44. The first-order chi connectivity index (χ1) is 18.2. The zero-order valence-electron chi connectivity index (χ0n) is 21.1. The van der Waals surface area contributed by atoms with Gasteiger partial charge in [0.05, 0.1) is 37.0 Å². The second kappa shape index (κ2) is 9.62. The van der Waals surface area contributed by atoms with Gasteiger partial charge < -0.3 is 18.6 Å². The fraction of sp³-hybridized carbons (Fsp3) is 0.333. The molecular weight excluding hydrogens is 499 g/mol. The van der Waals surface area contributed by atoms with E-state index in [0.29, 0.717) is 30.1 Å². The summed E-state index contributed by atoms with van der Waals surface area (Å²) in [6, 6.07) is 10.3. The molecule has 0 saturated carbocycles. The van der Waals surface area contributed by atoms with Gasteiger partial charge >= 0.3 is 12.1 Å². The molecule has 0 radical (unpaired) electrons. The number of alkyl halides is 3. The Morgan fingerprint density at radius 2 is 1.97 bits per heavy atom. The Labute approximate surface area is 217 Å². The second-order valence-electron chi connectivity index (χ2n) is 9.12. The molecule has 2 aromatic heterocycles. The van der Waals surface area contributed by atoms with Crippen LogP contribution in [0.25, 0.3) is 17.1 Å². The summed E-state index contributed by atoms with van der Waals surface area (Å²) < 4.78 is 55.4. The highest BCUT2D eigenvalue weighted by atomic mass is 19.4. The number of hydrogen-bond acceptors (Lipinski definition) is 6. The van der Waals surface area contributed by atoms with Gasteiger partial charge in [-0.3, -0.25) is 4.79 Å². The topological polar surface area (TPSA) is 84.1 Å². The Morgan fingerprint density at radius 3 is 2.66 bits per heavy atom. The van der Waals surface area contributed by atoms with Crippen molar-refractivity contribution in [3.63, 3.8) is 0 Å². The predicted octanol–water partition coefficient (Wildman–Crippen LogP) is 5.11. The van der Waals surface area contributed by atoms with Crippen molar-refractivity contribution in [2.75, 3.05) is 13.7 Å². The first kappa shape index (κ1) is 25.5. The number of fused-ring (bicyclic) bond motifs is 1. The van der Waals surface area contributed by atoms with Crippen molar-refractivity contribution >= 4 is 5.97 Å². The van der Waals surface area contributed by atoms with E-state index in [1.807, 2.05) is 35.9 Å². The molecular formula is C27H26F3N5O3. The smallest absolute Gasteiger partial charge is 0.416 e. The van der Waals surface area contributed by atoms with Crippen LogP contribution in [0, 0.1) is 6.92 Å². The van der Waals surface area contributed by atoms with E-state index in [0.717, 1.165) is 23.5 Å². The van der Waals surface area contributed by atoms with Crippen molar-refractivity contribution in [3.8, 4) is 22.8 Å². The zero-order valence-corrected chi connectivity index (χ0v) is 21.1. The van der Waals surface area contributed by atoms with E-state index in [1.54, 1.807) is 24.9 Å². The molecule has 1 aliphatic heterocycles. The predicted molar refractivity (Wildman–Crippen MR) is 132 cm³/mol. The van der Waals surface area contributed by atoms with E-state index in [-0.39, 0.29) is 24.4 Å². The SMILES string of the molecule is CCOC(=O)C1(c2cccc(C(F)(F)F)c2)CCCn2c(-c3ccc(-n4cnc(C)c4)c(OC)c3)nnc21. The van der Waals surface area contributed by atoms with E-state index >= 15 is 0 Å². The van der Waals surface area contributed by atoms with Gasteiger partial charge in [0.15, 0.2) is 17.1 Å². The fourth-order valence-electron chi connectivity index (χ4n) is 5.04. The largest absolute Gasteiger partial charge is 0.495 e. The molecule has 0 aliphatic carbocycles. The Hall–Kier alpha value is -4.15. The van der Waals surface area contributed by atoms with Crippen molar-refractivity contribution in [1.29, 1.82) is 0 Å². The zero-order chi connectivity index (χ0) is 27.1. The number of hydrogen-bond donors (Lipinski definition) is 0. The van der Waals surface area contributed by atoms with Gasteiger partial charge in [0.1, 0.15) is 5.75 Å². The highest BCUT2D eigenvalue weighted by Gasteiger charge is 2.50. The van der Waals surface area contributed by atoms with Gasteiger partial charge in [-0.2, -0.15) is 13.2 Å². The van der Waals surface area contributed by atoms with E-state index in [4.69, 9.17) is 9.47 Å². The minimum atomic E-state index is -4.56. The van der Waals surface area contributed by atoms with E-state index in [2.05, 4.69) is 15.2 Å².